The highest BCUT2D eigenvalue weighted by molar-refractivity contribution is 6.40. The first-order valence-electron chi connectivity index (χ1n) is 7.94. The van der Waals surface area contributed by atoms with Crippen molar-refractivity contribution in [1.82, 2.24) is 4.98 Å². The number of aryl methyl sites for hydroxylation is 2. The van der Waals surface area contributed by atoms with Crippen LogP contribution in [0.25, 0.3) is 21.8 Å². The van der Waals surface area contributed by atoms with Crippen LogP contribution in [0.1, 0.15) is 11.1 Å². The molecule has 0 saturated carbocycles. The molecule has 0 atom stereocenters. The van der Waals surface area contributed by atoms with E-state index in [1.165, 1.54) is 11.1 Å². The van der Waals surface area contributed by atoms with Crippen LogP contribution in [0.5, 0.6) is 0 Å². The first-order valence-corrected chi connectivity index (χ1v) is 8.32. The summed E-state index contributed by atoms with van der Waals surface area (Å²) in [5.74, 6) is 0. The molecule has 0 aliphatic heterocycles. The van der Waals surface area contributed by atoms with Crippen LogP contribution >= 0.6 is 11.6 Å². The molecule has 1 heterocycles. The van der Waals surface area contributed by atoms with Crippen molar-refractivity contribution >= 4 is 44.8 Å². The van der Waals surface area contributed by atoms with E-state index in [1.54, 1.807) is 0 Å². The van der Waals surface area contributed by atoms with Gasteiger partial charge < -0.3 is 5.32 Å². The van der Waals surface area contributed by atoms with Gasteiger partial charge in [0.05, 0.1) is 16.1 Å². The summed E-state index contributed by atoms with van der Waals surface area (Å²) in [4.78, 5) is 4.70. The van der Waals surface area contributed by atoms with Crippen molar-refractivity contribution in [3.63, 3.8) is 0 Å². The summed E-state index contributed by atoms with van der Waals surface area (Å²) in [7, 11) is 0. The van der Waals surface area contributed by atoms with Crippen LogP contribution in [0, 0.1) is 13.8 Å². The predicted octanol–water partition coefficient (Wildman–Crippen LogP) is 6.40. The maximum Gasteiger partial charge on any atom is 0.0726 e. The van der Waals surface area contributed by atoms with E-state index in [2.05, 4.69) is 43.4 Å². The number of rotatable bonds is 2. The van der Waals surface area contributed by atoms with E-state index in [4.69, 9.17) is 16.6 Å². The number of para-hydroxylation sites is 1. The largest absolute Gasteiger partial charge is 0.355 e. The Balaban J connectivity index is 1.81. The number of benzene rings is 3. The summed E-state index contributed by atoms with van der Waals surface area (Å²) in [5, 5.41) is 6.15. The van der Waals surface area contributed by atoms with Gasteiger partial charge in [0.1, 0.15) is 0 Å². The molecule has 24 heavy (non-hydrogen) atoms. The van der Waals surface area contributed by atoms with Gasteiger partial charge in [-0.25, -0.2) is 4.98 Å². The van der Waals surface area contributed by atoms with Gasteiger partial charge in [-0.15, -0.1) is 0 Å². The number of nitrogens with zero attached hydrogens (tertiary/aromatic N) is 1. The zero-order valence-electron chi connectivity index (χ0n) is 13.6. The molecule has 0 amide bonds. The Morgan fingerprint density at radius 2 is 1.46 bits per heavy atom. The second-order valence-corrected chi connectivity index (χ2v) is 6.48. The van der Waals surface area contributed by atoms with Crippen LogP contribution in [0.15, 0.2) is 60.7 Å². The number of halogens is 1. The van der Waals surface area contributed by atoms with Gasteiger partial charge in [-0.2, -0.15) is 0 Å². The monoisotopic (exact) mass is 332 g/mol. The highest BCUT2D eigenvalue weighted by Crippen LogP contribution is 2.32. The lowest BCUT2D eigenvalue weighted by atomic mass is 10.1. The van der Waals surface area contributed by atoms with Gasteiger partial charge in [0.25, 0.3) is 0 Å². The third kappa shape index (κ3) is 2.59. The minimum absolute atomic E-state index is 0.749. The van der Waals surface area contributed by atoms with Crippen LogP contribution < -0.4 is 5.32 Å². The number of aromatic nitrogens is 1. The van der Waals surface area contributed by atoms with Crippen LogP contribution in [0.3, 0.4) is 0 Å². The van der Waals surface area contributed by atoms with Gasteiger partial charge in [0.15, 0.2) is 0 Å². The molecule has 0 saturated heterocycles. The average molecular weight is 333 g/mol. The fraction of sp³-hybridized carbons (Fsp3) is 0.0952. The van der Waals surface area contributed by atoms with Crippen LogP contribution in [0.4, 0.5) is 11.4 Å². The molecule has 0 bridgehead atoms. The van der Waals surface area contributed by atoms with Crippen molar-refractivity contribution in [2.24, 2.45) is 0 Å². The second-order valence-electron chi connectivity index (χ2n) is 6.10. The summed E-state index contributed by atoms with van der Waals surface area (Å²) in [6.45, 7) is 4.24. The number of nitrogens with one attached hydrogen (secondary N) is 1. The van der Waals surface area contributed by atoms with Crippen molar-refractivity contribution in [3.05, 3.63) is 76.8 Å². The fourth-order valence-corrected chi connectivity index (χ4v) is 3.22. The molecule has 3 aromatic carbocycles. The van der Waals surface area contributed by atoms with Crippen LogP contribution in [-0.2, 0) is 0 Å². The van der Waals surface area contributed by atoms with Crippen molar-refractivity contribution in [2.75, 3.05) is 5.32 Å². The van der Waals surface area contributed by atoms with Gasteiger partial charge in [0, 0.05) is 22.1 Å². The number of hydrogen-bond donors (Lipinski definition) is 1. The Morgan fingerprint density at radius 1 is 0.750 bits per heavy atom. The quantitative estimate of drug-likeness (QED) is 0.429. The lowest BCUT2D eigenvalue weighted by molar-refractivity contribution is 1.34. The number of hydrogen-bond acceptors (Lipinski definition) is 2. The molecule has 0 spiro atoms. The highest BCUT2D eigenvalue weighted by Gasteiger charge is 2.08. The number of pyridine rings is 1. The standard InChI is InChI=1S/C21H17ClN2/c1-13-7-8-15(11-14(13)2)23-16-9-10-20-18(12-16)21(22)17-5-3-4-6-19(17)24-20/h3-12,23H,1-2H3. The van der Waals surface area contributed by atoms with E-state index in [-0.39, 0.29) is 0 Å². The van der Waals surface area contributed by atoms with E-state index in [1.807, 2.05) is 36.4 Å². The summed E-state index contributed by atoms with van der Waals surface area (Å²) >= 11 is 6.63. The van der Waals surface area contributed by atoms with Crippen LogP contribution in [0.2, 0.25) is 5.02 Å². The first-order chi connectivity index (χ1) is 11.6. The minimum atomic E-state index is 0.749. The van der Waals surface area contributed by atoms with Gasteiger partial charge in [-0.1, -0.05) is 35.9 Å². The van der Waals surface area contributed by atoms with Crippen molar-refractivity contribution in [3.8, 4) is 0 Å². The van der Waals surface area contributed by atoms with Crippen LogP contribution in [-0.4, -0.2) is 4.98 Å². The van der Waals surface area contributed by atoms with E-state index < -0.39 is 0 Å². The van der Waals surface area contributed by atoms with Crippen molar-refractivity contribution < 1.29 is 0 Å². The zero-order chi connectivity index (χ0) is 16.7. The van der Waals surface area contributed by atoms with Gasteiger partial charge in [-0.3, -0.25) is 0 Å². The summed E-state index contributed by atoms with van der Waals surface area (Å²) in [6.07, 6.45) is 0. The molecule has 2 nitrogen and oxygen atoms in total. The molecule has 0 radical (unpaired) electrons. The van der Waals surface area contributed by atoms with Gasteiger partial charge >= 0.3 is 0 Å². The summed E-state index contributed by atoms with van der Waals surface area (Å²) in [5.41, 5.74) is 6.46. The molecule has 1 N–H and O–H groups in total. The molecule has 0 aliphatic rings. The fourth-order valence-electron chi connectivity index (χ4n) is 2.90. The molecule has 0 aliphatic carbocycles. The van der Waals surface area contributed by atoms with E-state index in [0.29, 0.717) is 0 Å². The Kier molecular flexibility index (Phi) is 3.62. The van der Waals surface area contributed by atoms with E-state index in [9.17, 15) is 0 Å². The van der Waals surface area contributed by atoms with Crippen molar-refractivity contribution in [1.29, 1.82) is 0 Å². The number of anilines is 2. The molecule has 0 fully saturated rings. The van der Waals surface area contributed by atoms with E-state index in [0.717, 1.165) is 38.2 Å². The average Bonchev–Trinajstić information content (AvgIpc) is 2.59. The minimum Gasteiger partial charge on any atom is -0.355 e. The SMILES string of the molecule is Cc1ccc(Nc2ccc3nc4ccccc4c(Cl)c3c2)cc1C. The molecule has 118 valence electrons. The molecule has 3 heteroatoms. The maximum absolute atomic E-state index is 6.63. The molecular formula is C21H17ClN2. The Labute approximate surface area is 146 Å². The zero-order valence-corrected chi connectivity index (χ0v) is 14.4. The number of fused-ring (bicyclic) bond motifs is 2. The third-order valence-corrected chi connectivity index (χ3v) is 4.82. The smallest absolute Gasteiger partial charge is 0.0726 e. The maximum atomic E-state index is 6.63. The lowest BCUT2D eigenvalue weighted by Gasteiger charge is -2.11. The molecule has 4 aromatic rings. The molecular weight excluding hydrogens is 316 g/mol. The first kappa shape index (κ1) is 15.0. The third-order valence-electron chi connectivity index (χ3n) is 4.41. The Hall–Kier alpha value is -2.58. The highest BCUT2D eigenvalue weighted by atomic mass is 35.5. The van der Waals surface area contributed by atoms with Gasteiger partial charge in [-0.05, 0) is 61.4 Å². The predicted molar refractivity (Wildman–Crippen MR) is 103 cm³/mol. The lowest BCUT2D eigenvalue weighted by Crippen LogP contribution is -1.93. The molecule has 0 unspecified atom stereocenters. The van der Waals surface area contributed by atoms with Gasteiger partial charge in [0.2, 0.25) is 0 Å². The van der Waals surface area contributed by atoms with Crippen molar-refractivity contribution in [2.45, 2.75) is 13.8 Å². The Morgan fingerprint density at radius 3 is 2.29 bits per heavy atom. The van der Waals surface area contributed by atoms with E-state index >= 15 is 0 Å². The summed E-state index contributed by atoms with van der Waals surface area (Å²) in [6, 6.07) is 20.4. The summed E-state index contributed by atoms with van der Waals surface area (Å²) < 4.78 is 0. The topological polar surface area (TPSA) is 24.9 Å². The molecule has 1 aromatic heterocycles. The molecule has 4 rings (SSSR count). The second kappa shape index (κ2) is 5.81. The normalized spacial score (nSPS) is 11.1. The Bertz CT molecular complexity index is 1070.